The van der Waals surface area contributed by atoms with E-state index in [0.717, 1.165) is 34.5 Å². The molecule has 0 saturated carbocycles. The van der Waals surface area contributed by atoms with Crippen LogP contribution in [0.2, 0.25) is 0 Å². The molecule has 0 spiro atoms. The number of rotatable bonds is 3. The van der Waals surface area contributed by atoms with Crippen LogP contribution < -0.4 is 4.90 Å². The van der Waals surface area contributed by atoms with E-state index in [-0.39, 0.29) is 10.9 Å². The van der Waals surface area contributed by atoms with Gasteiger partial charge in [0, 0.05) is 11.1 Å². The Bertz CT molecular complexity index is 584. The maximum atomic E-state index is 13.8. The van der Waals surface area contributed by atoms with E-state index in [4.69, 9.17) is 35.4 Å². The summed E-state index contributed by atoms with van der Waals surface area (Å²) in [5.74, 6) is 0. The summed E-state index contributed by atoms with van der Waals surface area (Å²) in [6.07, 6.45) is -5.67. The summed E-state index contributed by atoms with van der Waals surface area (Å²) in [5, 5.41) is 1.32. The van der Waals surface area contributed by atoms with Gasteiger partial charge in [-0.2, -0.15) is 13.2 Å². The minimum atomic E-state index is -4.52. The molecule has 0 N–H and O–H groups in total. The van der Waals surface area contributed by atoms with Gasteiger partial charge < -0.3 is 0 Å². The highest BCUT2D eigenvalue weighted by molar-refractivity contribution is 7.79. The van der Waals surface area contributed by atoms with Crippen molar-refractivity contribution in [2.45, 2.75) is 17.3 Å². The minimum Gasteiger partial charge on any atom is -0.269 e. The average molecular weight is 376 g/mol. The second kappa shape index (κ2) is 6.15. The first-order valence-electron chi connectivity index (χ1n) is 5.66. The summed E-state index contributed by atoms with van der Waals surface area (Å²) in [5.41, 5.74) is -0.883. The van der Waals surface area contributed by atoms with Crippen LogP contribution in [0.4, 0.5) is 28.1 Å². The van der Waals surface area contributed by atoms with Gasteiger partial charge in [-0.15, -0.1) is 5.01 Å². The lowest BCUT2D eigenvalue weighted by atomic mass is 10.2. The number of halogens is 6. The molecule has 1 aliphatic heterocycles. The molecule has 1 aliphatic rings. The summed E-state index contributed by atoms with van der Waals surface area (Å²) >= 11 is 15.9. The zero-order valence-electron chi connectivity index (χ0n) is 10.5. The molecule has 0 radical (unpaired) electrons. The van der Waals surface area contributed by atoms with Crippen molar-refractivity contribution >= 4 is 52.5 Å². The Labute approximate surface area is 137 Å². The largest absolute Gasteiger partial charge is 0.416 e. The molecule has 1 aromatic carbocycles. The lowest BCUT2D eigenvalue weighted by Gasteiger charge is -2.25. The van der Waals surface area contributed by atoms with Crippen molar-refractivity contribution in [2.24, 2.45) is 0 Å². The Balaban J connectivity index is 2.38. The van der Waals surface area contributed by atoms with E-state index in [1.54, 1.807) is 0 Å². The number of anilines is 1. The molecule has 0 aromatic heterocycles. The molecule has 22 heavy (non-hydrogen) atoms. The second-order valence-corrected chi connectivity index (χ2v) is 5.49. The molecule has 120 valence electrons. The molecule has 2 rings (SSSR count). The van der Waals surface area contributed by atoms with Gasteiger partial charge in [-0.05, 0) is 24.3 Å². The van der Waals surface area contributed by atoms with Crippen molar-refractivity contribution in [3.63, 3.8) is 0 Å². The van der Waals surface area contributed by atoms with Gasteiger partial charge in [-0.3, -0.25) is 4.90 Å². The number of hydrazine groups is 1. The quantitative estimate of drug-likeness (QED) is 0.261. The maximum Gasteiger partial charge on any atom is 0.416 e. The Hall–Kier alpha value is -1.16. The number of nitrogens with zero attached hydrogens (tertiary/aromatic N) is 3. The molecule has 1 saturated heterocycles. The number of hydrogen-bond acceptors (Lipinski definition) is 3. The number of thiocarbonyl (C=S) groups is 1. The molecule has 2 amide bonds. The number of carbonyl (C=O) groups excluding carboxylic acids is 1. The first-order valence-corrected chi connectivity index (χ1v) is 7.01. The highest BCUT2D eigenvalue weighted by Gasteiger charge is 2.47. The first-order chi connectivity index (χ1) is 10.2. The van der Waals surface area contributed by atoms with Gasteiger partial charge in [0.05, 0.1) is 5.56 Å². The van der Waals surface area contributed by atoms with Crippen molar-refractivity contribution in [3.8, 4) is 0 Å². The summed E-state index contributed by atoms with van der Waals surface area (Å²) in [7, 11) is 0. The molecule has 11 heteroatoms. The normalized spacial score (nSPS) is 20.1. The number of carbonyl (C=O) groups is 1. The predicted molar refractivity (Wildman–Crippen MR) is 77.0 cm³/mol. The van der Waals surface area contributed by atoms with Gasteiger partial charge >= 0.3 is 12.2 Å². The van der Waals surface area contributed by atoms with Crippen LogP contribution in [0.5, 0.6) is 0 Å². The van der Waals surface area contributed by atoms with Gasteiger partial charge in [-0.25, -0.2) is 4.79 Å². The SMILES string of the molecule is O=C1N(c2ccc(C(F)(F)F)cc2)C(C=S)N(C(Cl)Cl)N1F. The van der Waals surface area contributed by atoms with E-state index in [0.29, 0.717) is 5.01 Å². The maximum absolute atomic E-state index is 13.8. The zero-order valence-corrected chi connectivity index (χ0v) is 12.8. The van der Waals surface area contributed by atoms with Crippen LogP contribution >= 0.6 is 35.4 Å². The fourth-order valence-electron chi connectivity index (χ4n) is 1.91. The molecule has 1 aromatic rings. The van der Waals surface area contributed by atoms with E-state index in [1.165, 1.54) is 0 Å². The van der Waals surface area contributed by atoms with Crippen molar-refractivity contribution in [2.75, 3.05) is 4.90 Å². The topological polar surface area (TPSA) is 26.8 Å². The number of urea groups is 1. The molecule has 1 fully saturated rings. The van der Waals surface area contributed by atoms with E-state index in [1.807, 2.05) is 0 Å². The third-order valence-electron chi connectivity index (χ3n) is 2.90. The Kier molecular flexibility index (Phi) is 4.81. The number of alkyl halides is 5. The number of benzene rings is 1. The Morgan fingerprint density at radius 1 is 1.23 bits per heavy atom. The fraction of sp³-hybridized carbons (Fsp3) is 0.273. The Morgan fingerprint density at radius 3 is 2.18 bits per heavy atom. The molecule has 1 atom stereocenters. The second-order valence-electron chi connectivity index (χ2n) is 4.16. The minimum absolute atomic E-state index is 0.0169. The molecular weight excluding hydrogens is 369 g/mol. The molecule has 1 unspecified atom stereocenters. The van der Waals surface area contributed by atoms with Gasteiger partial charge in [-0.1, -0.05) is 45.1 Å². The zero-order chi connectivity index (χ0) is 16.7. The lowest BCUT2D eigenvalue weighted by molar-refractivity contribution is -0.137. The van der Waals surface area contributed by atoms with E-state index in [9.17, 15) is 22.4 Å². The highest BCUT2D eigenvalue weighted by Crippen LogP contribution is 2.34. The fourth-order valence-corrected chi connectivity index (χ4v) is 2.54. The monoisotopic (exact) mass is 375 g/mol. The van der Waals surface area contributed by atoms with Gasteiger partial charge in [0.1, 0.15) is 6.17 Å². The number of amides is 2. The standard InChI is InChI=1S/C11H7Cl2F4N3OS/c12-9(13)19-8(5-22)18(10(21)20(19)17)7-3-1-6(2-4-7)11(14,15)16/h1-5,8-9H. The summed E-state index contributed by atoms with van der Waals surface area (Å²) in [4.78, 5) is 11.3. The van der Waals surface area contributed by atoms with E-state index in [2.05, 4.69) is 0 Å². The Morgan fingerprint density at radius 2 is 1.77 bits per heavy atom. The molecular formula is C11H7Cl2F4N3OS. The van der Waals surface area contributed by atoms with Crippen molar-refractivity contribution < 1.29 is 22.4 Å². The molecule has 4 nitrogen and oxygen atoms in total. The lowest BCUT2D eigenvalue weighted by Crippen LogP contribution is -2.43. The third-order valence-corrected chi connectivity index (χ3v) is 3.54. The first kappa shape index (κ1) is 17.2. The van der Waals surface area contributed by atoms with Crippen molar-refractivity contribution in [3.05, 3.63) is 29.8 Å². The number of hydrogen-bond donors (Lipinski definition) is 0. The summed E-state index contributed by atoms with van der Waals surface area (Å²) in [6, 6.07) is 2.43. The van der Waals surface area contributed by atoms with Crippen LogP contribution in [0, 0.1) is 0 Å². The van der Waals surface area contributed by atoms with Gasteiger partial charge in [0.2, 0.25) is 0 Å². The predicted octanol–water partition coefficient (Wildman–Crippen LogP) is 4.14. The van der Waals surface area contributed by atoms with Crippen LogP contribution in [-0.2, 0) is 6.18 Å². The van der Waals surface area contributed by atoms with Gasteiger partial charge in [0.15, 0.2) is 4.96 Å². The van der Waals surface area contributed by atoms with Gasteiger partial charge in [0.25, 0.3) is 0 Å². The van der Waals surface area contributed by atoms with Crippen LogP contribution in [0.1, 0.15) is 5.56 Å². The molecule has 0 bridgehead atoms. The average Bonchev–Trinajstić information content (AvgIpc) is 2.70. The third kappa shape index (κ3) is 2.98. The van der Waals surface area contributed by atoms with Crippen LogP contribution in [0.25, 0.3) is 0 Å². The van der Waals surface area contributed by atoms with Crippen molar-refractivity contribution in [1.29, 1.82) is 0 Å². The molecule has 1 heterocycles. The van der Waals surface area contributed by atoms with Crippen LogP contribution in [0.15, 0.2) is 24.3 Å². The summed E-state index contributed by atoms with van der Waals surface area (Å²) < 4.78 is 51.4. The van der Waals surface area contributed by atoms with Crippen molar-refractivity contribution in [1.82, 2.24) is 10.2 Å². The molecule has 0 aliphatic carbocycles. The summed E-state index contributed by atoms with van der Waals surface area (Å²) in [6.45, 7) is 0. The smallest absolute Gasteiger partial charge is 0.269 e. The highest BCUT2D eigenvalue weighted by atomic mass is 35.5. The van der Waals surface area contributed by atoms with E-state index < -0.39 is 28.9 Å². The van der Waals surface area contributed by atoms with Crippen LogP contribution in [0.3, 0.4) is 0 Å². The van der Waals surface area contributed by atoms with Crippen LogP contribution in [-0.4, -0.2) is 32.8 Å². The van der Waals surface area contributed by atoms with E-state index >= 15 is 0 Å².